The first-order valence-corrected chi connectivity index (χ1v) is 5.35. The Morgan fingerprint density at radius 2 is 2.23 bits per heavy atom. The quantitative estimate of drug-likeness (QED) is 0.493. The lowest BCUT2D eigenvalue weighted by Gasteiger charge is -1.98. The maximum absolute atomic E-state index is 4.35. The Kier molecular flexibility index (Phi) is 5.30. The SMILES string of the molecule is CCC/C=C/CCCC1=NCCN1. The third-order valence-corrected chi connectivity index (χ3v) is 2.15. The molecule has 1 heterocycles. The molecular formula is C11H20N2. The van der Waals surface area contributed by atoms with E-state index in [4.69, 9.17) is 0 Å². The molecule has 2 nitrogen and oxygen atoms in total. The highest BCUT2D eigenvalue weighted by molar-refractivity contribution is 5.83. The van der Waals surface area contributed by atoms with Crippen molar-refractivity contribution < 1.29 is 0 Å². The molecule has 0 aromatic heterocycles. The first-order valence-electron chi connectivity index (χ1n) is 5.35. The van der Waals surface area contributed by atoms with Crippen LogP contribution in [0.2, 0.25) is 0 Å². The Bertz CT molecular complexity index is 183. The number of nitrogens with zero attached hydrogens (tertiary/aromatic N) is 1. The highest BCUT2D eigenvalue weighted by atomic mass is 15.1. The van der Waals surface area contributed by atoms with E-state index < -0.39 is 0 Å². The molecule has 0 aromatic rings. The molecule has 1 aliphatic heterocycles. The molecule has 0 spiro atoms. The number of amidine groups is 1. The maximum Gasteiger partial charge on any atom is 0.0964 e. The predicted molar refractivity (Wildman–Crippen MR) is 58.2 cm³/mol. The van der Waals surface area contributed by atoms with E-state index in [0.29, 0.717) is 0 Å². The average Bonchev–Trinajstić information content (AvgIpc) is 2.63. The summed E-state index contributed by atoms with van der Waals surface area (Å²) in [7, 11) is 0. The van der Waals surface area contributed by atoms with Crippen molar-refractivity contribution in [3.05, 3.63) is 12.2 Å². The van der Waals surface area contributed by atoms with Crippen molar-refractivity contribution in [3.8, 4) is 0 Å². The van der Waals surface area contributed by atoms with Crippen LogP contribution >= 0.6 is 0 Å². The smallest absolute Gasteiger partial charge is 0.0964 e. The summed E-state index contributed by atoms with van der Waals surface area (Å²) in [5.41, 5.74) is 0. The molecular weight excluding hydrogens is 160 g/mol. The minimum Gasteiger partial charge on any atom is -0.372 e. The van der Waals surface area contributed by atoms with Gasteiger partial charge in [-0.3, -0.25) is 4.99 Å². The molecule has 0 amide bonds. The van der Waals surface area contributed by atoms with Gasteiger partial charge in [-0.1, -0.05) is 25.5 Å². The standard InChI is InChI=1S/C11H20N2/c1-2-3-4-5-6-7-8-11-12-9-10-13-11/h4-5H,2-3,6-10H2,1H3,(H,12,13)/b5-4+. The molecule has 13 heavy (non-hydrogen) atoms. The first kappa shape index (κ1) is 10.3. The third kappa shape index (κ3) is 4.71. The molecule has 0 atom stereocenters. The number of allylic oxidation sites excluding steroid dienone is 2. The normalized spacial score (nSPS) is 16.2. The molecule has 2 heteroatoms. The second-order valence-electron chi connectivity index (χ2n) is 3.41. The molecule has 74 valence electrons. The minimum absolute atomic E-state index is 0.973. The Morgan fingerprint density at radius 1 is 1.38 bits per heavy atom. The summed E-state index contributed by atoms with van der Waals surface area (Å²) >= 11 is 0. The van der Waals surface area contributed by atoms with E-state index in [1.807, 2.05) is 0 Å². The third-order valence-electron chi connectivity index (χ3n) is 2.15. The summed E-state index contributed by atoms with van der Waals surface area (Å²) < 4.78 is 0. The molecule has 0 saturated heterocycles. The van der Waals surface area contributed by atoms with Gasteiger partial charge in [0, 0.05) is 13.0 Å². The number of nitrogens with one attached hydrogen (secondary N) is 1. The Balaban J connectivity index is 1.94. The van der Waals surface area contributed by atoms with E-state index in [1.54, 1.807) is 0 Å². The largest absolute Gasteiger partial charge is 0.372 e. The zero-order chi connectivity index (χ0) is 9.36. The monoisotopic (exact) mass is 180 g/mol. The van der Waals surface area contributed by atoms with Crippen LogP contribution in [0.3, 0.4) is 0 Å². The van der Waals surface area contributed by atoms with Gasteiger partial charge in [-0.15, -0.1) is 0 Å². The van der Waals surface area contributed by atoms with Crippen LogP contribution in [0.25, 0.3) is 0 Å². The lowest BCUT2D eigenvalue weighted by molar-refractivity contribution is 0.859. The molecule has 0 aliphatic carbocycles. The van der Waals surface area contributed by atoms with Crippen molar-refractivity contribution in [2.24, 2.45) is 4.99 Å². The molecule has 0 aromatic carbocycles. The van der Waals surface area contributed by atoms with Gasteiger partial charge in [-0.25, -0.2) is 0 Å². The molecule has 1 N–H and O–H groups in total. The Morgan fingerprint density at radius 3 is 2.92 bits per heavy atom. The van der Waals surface area contributed by atoms with Crippen LogP contribution in [0.1, 0.15) is 39.0 Å². The topological polar surface area (TPSA) is 24.4 Å². The summed E-state index contributed by atoms with van der Waals surface area (Å²) in [5, 5.41) is 3.28. The van der Waals surface area contributed by atoms with E-state index in [-0.39, 0.29) is 0 Å². The lowest BCUT2D eigenvalue weighted by Crippen LogP contribution is -2.17. The number of hydrogen-bond donors (Lipinski definition) is 1. The van der Waals surface area contributed by atoms with Gasteiger partial charge in [0.1, 0.15) is 0 Å². The lowest BCUT2D eigenvalue weighted by atomic mass is 10.2. The van der Waals surface area contributed by atoms with Gasteiger partial charge in [-0.05, 0) is 19.3 Å². The first-order chi connectivity index (χ1) is 6.43. The second kappa shape index (κ2) is 6.70. The summed E-state index contributed by atoms with van der Waals surface area (Å²) in [6.45, 7) is 4.23. The molecule has 0 bridgehead atoms. The molecule has 0 unspecified atom stereocenters. The van der Waals surface area contributed by atoms with Crippen LogP contribution in [0.4, 0.5) is 0 Å². The van der Waals surface area contributed by atoms with Crippen LogP contribution in [0.5, 0.6) is 0 Å². The Labute approximate surface area is 81.1 Å². The second-order valence-corrected chi connectivity index (χ2v) is 3.41. The number of rotatable bonds is 6. The molecule has 1 aliphatic rings. The number of aliphatic imine (C=N–C) groups is 1. The van der Waals surface area contributed by atoms with Crippen molar-refractivity contribution in [2.45, 2.75) is 39.0 Å². The van der Waals surface area contributed by atoms with Gasteiger partial charge < -0.3 is 5.32 Å². The molecule has 1 rings (SSSR count). The fraction of sp³-hybridized carbons (Fsp3) is 0.727. The molecule has 0 radical (unpaired) electrons. The summed E-state index contributed by atoms with van der Waals surface area (Å²) in [5.74, 6) is 1.21. The highest BCUT2D eigenvalue weighted by Crippen LogP contribution is 2.01. The molecule has 0 saturated carbocycles. The van der Waals surface area contributed by atoms with E-state index in [9.17, 15) is 0 Å². The predicted octanol–water partition coefficient (Wildman–Crippen LogP) is 2.51. The van der Waals surface area contributed by atoms with Crippen molar-refractivity contribution in [3.63, 3.8) is 0 Å². The van der Waals surface area contributed by atoms with E-state index in [2.05, 4.69) is 29.4 Å². The highest BCUT2D eigenvalue weighted by Gasteiger charge is 2.02. The van der Waals surface area contributed by atoms with Crippen molar-refractivity contribution in [1.29, 1.82) is 0 Å². The van der Waals surface area contributed by atoms with Gasteiger partial charge in [0.2, 0.25) is 0 Å². The number of hydrogen-bond acceptors (Lipinski definition) is 2. The fourth-order valence-electron chi connectivity index (χ4n) is 1.40. The van der Waals surface area contributed by atoms with Crippen LogP contribution in [-0.2, 0) is 0 Å². The number of unbranched alkanes of at least 4 members (excludes halogenated alkanes) is 2. The van der Waals surface area contributed by atoms with Crippen LogP contribution in [0.15, 0.2) is 17.1 Å². The van der Waals surface area contributed by atoms with E-state index in [1.165, 1.54) is 31.5 Å². The van der Waals surface area contributed by atoms with Gasteiger partial charge in [0.05, 0.1) is 12.4 Å². The van der Waals surface area contributed by atoms with Crippen molar-refractivity contribution in [1.82, 2.24) is 5.32 Å². The molecule has 0 fully saturated rings. The van der Waals surface area contributed by atoms with Gasteiger partial charge >= 0.3 is 0 Å². The van der Waals surface area contributed by atoms with E-state index in [0.717, 1.165) is 19.5 Å². The summed E-state index contributed by atoms with van der Waals surface area (Å²) in [6.07, 6.45) is 10.6. The van der Waals surface area contributed by atoms with Crippen LogP contribution in [-0.4, -0.2) is 18.9 Å². The Hall–Kier alpha value is -0.790. The van der Waals surface area contributed by atoms with Gasteiger partial charge in [0.15, 0.2) is 0 Å². The summed E-state index contributed by atoms with van der Waals surface area (Å²) in [6, 6.07) is 0. The zero-order valence-corrected chi connectivity index (χ0v) is 8.55. The van der Waals surface area contributed by atoms with Crippen molar-refractivity contribution in [2.75, 3.05) is 13.1 Å². The maximum atomic E-state index is 4.35. The van der Waals surface area contributed by atoms with Crippen LogP contribution in [0, 0.1) is 0 Å². The van der Waals surface area contributed by atoms with Crippen molar-refractivity contribution >= 4 is 5.84 Å². The van der Waals surface area contributed by atoms with Gasteiger partial charge in [0.25, 0.3) is 0 Å². The van der Waals surface area contributed by atoms with Gasteiger partial charge in [-0.2, -0.15) is 0 Å². The fourth-order valence-corrected chi connectivity index (χ4v) is 1.40. The average molecular weight is 180 g/mol. The van der Waals surface area contributed by atoms with Crippen LogP contribution < -0.4 is 5.32 Å². The summed E-state index contributed by atoms with van der Waals surface area (Å²) in [4.78, 5) is 4.35. The van der Waals surface area contributed by atoms with E-state index >= 15 is 0 Å². The minimum atomic E-state index is 0.973. The zero-order valence-electron chi connectivity index (χ0n) is 8.55.